The van der Waals surface area contributed by atoms with Crippen LogP contribution >= 0.6 is 15.9 Å². The number of para-hydroxylation sites is 1. The molecule has 8 heteroatoms. The molecule has 168 valence electrons. The van der Waals surface area contributed by atoms with Gasteiger partial charge in [-0.25, -0.2) is 8.42 Å². The molecule has 4 aromatic carbocycles. The average Bonchev–Trinajstić information content (AvgIpc) is 2.81. The van der Waals surface area contributed by atoms with Crippen LogP contribution in [0.5, 0.6) is 5.75 Å². The molecular formula is C25H19BrO5S2. The first kappa shape index (κ1) is 23.2. The van der Waals surface area contributed by atoms with E-state index in [1.165, 1.54) is 12.1 Å². The minimum Gasteiger partial charge on any atom is -0.378 e. The number of rotatable bonds is 6. The summed E-state index contributed by atoms with van der Waals surface area (Å²) in [5, 5.41) is 0. The third-order valence-corrected chi connectivity index (χ3v) is 8.70. The molecule has 0 aliphatic carbocycles. The van der Waals surface area contributed by atoms with Crippen molar-refractivity contribution in [1.82, 2.24) is 0 Å². The van der Waals surface area contributed by atoms with Crippen molar-refractivity contribution in [2.24, 2.45) is 0 Å². The highest BCUT2D eigenvalue weighted by atomic mass is 79.9. The second-order valence-corrected chi connectivity index (χ2v) is 11.7. The van der Waals surface area contributed by atoms with Gasteiger partial charge in [0, 0.05) is 0 Å². The maximum atomic E-state index is 12.8. The lowest BCUT2D eigenvalue weighted by atomic mass is 10.1. The molecule has 0 aliphatic rings. The van der Waals surface area contributed by atoms with Gasteiger partial charge in [0.2, 0.25) is 9.84 Å². The fraction of sp³-hybridized carbons (Fsp3) is 0.0400. The van der Waals surface area contributed by atoms with Gasteiger partial charge in [-0.15, -0.1) is 0 Å². The third-order valence-electron chi connectivity index (χ3n) is 5.01. The molecule has 0 radical (unpaired) electrons. The van der Waals surface area contributed by atoms with Crippen molar-refractivity contribution < 1.29 is 21.0 Å². The molecule has 0 bridgehead atoms. The van der Waals surface area contributed by atoms with Gasteiger partial charge in [-0.2, -0.15) is 8.42 Å². The van der Waals surface area contributed by atoms with Crippen molar-refractivity contribution in [3.63, 3.8) is 0 Å². The Labute approximate surface area is 201 Å². The zero-order valence-corrected chi connectivity index (χ0v) is 20.7. The molecule has 0 heterocycles. The van der Waals surface area contributed by atoms with Crippen LogP contribution in [0.25, 0.3) is 11.1 Å². The lowest BCUT2D eigenvalue weighted by Gasteiger charge is -2.10. The summed E-state index contributed by atoms with van der Waals surface area (Å²) in [6.45, 7) is 1.90. The molecule has 0 saturated heterocycles. The van der Waals surface area contributed by atoms with Crippen molar-refractivity contribution in [2.75, 3.05) is 0 Å². The van der Waals surface area contributed by atoms with Crippen LogP contribution in [0.3, 0.4) is 0 Å². The number of aryl methyl sites for hydroxylation is 1. The van der Waals surface area contributed by atoms with E-state index in [0.29, 0.717) is 4.47 Å². The summed E-state index contributed by atoms with van der Waals surface area (Å²) < 4.78 is 56.6. The van der Waals surface area contributed by atoms with E-state index in [2.05, 4.69) is 15.9 Å². The van der Waals surface area contributed by atoms with Crippen LogP contribution in [-0.4, -0.2) is 16.8 Å². The molecule has 5 nitrogen and oxygen atoms in total. The largest absolute Gasteiger partial charge is 0.378 e. The first-order valence-electron chi connectivity index (χ1n) is 9.88. The van der Waals surface area contributed by atoms with Gasteiger partial charge in [0.1, 0.15) is 4.90 Å². The summed E-state index contributed by atoms with van der Waals surface area (Å²) >= 11 is 3.27. The van der Waals surface area contributed by atoms with E-state index in [9.17, 15) is 16.8 Å². The van der Waals surface area contributed by atoms with E-state index in [1.54, 1.807) is 84.9 Å². The molecule has 0 aromatic heterocycles. The number of benzene rings is 4. The fourth-order valence-electron chi connectivity index (χ4n) is 3.17. The van der Waals surface area contributed by atoms with Gasteiger partial charge in [-0.1, -0.05) is 54.1 Å². The van der Waals surface area contributed by atoms with Crippen LogP contribution < -0.4 is 4.18 Å². The quantitative estimate of drug-likeness (QED) is 0.278. The summed E-state index contributed by atoms with van der Waals surface area (Å²) in [5.41, 5.74) is 2.49. The molecule has 0 amide bonds. The molecule has 0 aliphatic heterocycles. The highest BCUT2D eigenvalue weighted by Gasteiger charge is 2.19. The van der Waals surface area contributed by atoms with E-state index in [0.717, 1.165) is 16.7 Å². The van der Waals surface area contributed by atoms with Crippen molar-refractivity contribution in [3.8, 4) is 16.9 Å². The molecule has 0 spiro atoms. The highest BCUT2D eigenvalue weighted by molar-refractivity contribution is 9.10. The van der Waals surface area contributed by atoms with E-state index >= 15 is 0 Å². The molecule has 0 fully saturated rings. The first-order chi connectivity index (χ1) is 15.7. The van der Waals surface area contributed by atoms with Gasteiger partial charge >= 0.3 is 10.1 Å². The fourth-order valence-corrected chi connectivity index (χ4v) is 5.85. The van der Waals surface area contributed by atoms with E-state index in [-0.39, 0.29) is 20.4 Å². The lowest BCUT2D eigenvalue weighted by molar-refractivity contribution is 0.484. The van der Waals surface area contributed by atoms with Crippen LogP contribution in [0.1, 0.15) is 5.56 Å². The van der Waals surface area contributed by atoms with Crippen LogP contribution in [-0.2, 0) is 20.0 Å². The molecule has 33 heavy (non-hydrogen) atoms. The smallest absolute Gasteiger partial charge is 0.339 e. The number of halogens is 1. The highest BCUT2D eigenvalue weighted by Crippen LogP contribution is 2.29. The Bertz CT molecular complexity index is 1490. The summed E-state index contributed by atoms with van der Waals surface area (Å²) in [6, 6.07) is 26.1. The van der Waals surface area contributed by atoms with Crippen molar-refractivity contribution >= 4 is 35.9 Å². The Morgan fingerprint density at radius 1 is 0.606 bits per heavy atom. The summed E-state index contributed by atoms with van der Waals surface area (Å²) in [4.78, 5) is 0.442. The SMILES string of the molecule is Cc1ccc(S(=O)(=O)c2ccc(-c3ccc(S(=O)(=O)Oc4ccccc4Br)cc3)cc2)cc1. The molecule has 0 saturated carbocycles. The summed E-state index contributed by atoms with van der Waals surface area (Å²) in [5.74, 6) is 0.201. The molecule has 0 N–H and O–H groups in total. The number of sulfone groups is 1. The zero-order chi connectivity index (χ0) is 23.6. The van der Waals surface area contributed by atoms with Gasteiger partial charge < -0.3 is 4.18 Å². The van der Waals surface area contributed by atoms with E-state index < -0.39 is 20.0 Å². The Hall–Kier alpha value is -2.94. The molecule has 0 unspecified atom stereocenters. The normalized spacial score (nSPS) is 11.8. The van der Waals surface area contributed by atoms with Gasteiger partial charge in [-0.3, -0.25) is 0 Å². The third kappa shape index (κ3) is 5.03. The van der Waals surface area contributed by atoms with Gasteiger partial charge in [0.15, 0.2) is 5.75 Å². The second kappa shape index (κ2) is 9.13. The Morgan fingerprint density at radius 2 is 1.06 bits per heavy atom. The maximum absolute atomic E-state index is 12.8. The lowest BCUT2D eigenvalue weighted by Crippen LogP contribution is -2.09. The zero-order valence-electron chi connectivity index (χ0n) is 17.5. The molecule has 4 rings (SSSR count). The molecule has 0 atom stereocenters. The maximum Gasteiger partial charge on any atom is 0.339 e. The van der Waals surface area contributed by atoms with Crippen molar-refractivity contribution in [1.29, 1.82) is 0 Å². The Balaban J connectivity index is 1.56. The number of hydrogen-bond acceptors (Lipinski definition) is 5. The second-order valence-electron chi connectivity index (χ2n) is 7.33. The Kier molecular flexibility index (Phi) is 6.43. The van der Waals surface area contributed by atoms with Crippen LogP contribution in [0.4, 0.5) is 0 Å². The van der Waals surface area contributed by atoms with Crippen LogP contribution in [0.2, 0.25) is 0 Å². The topological polar surface area (TPSA) is 77.5 Å². The van der Waals surface area contributed by atoms with E-state index in [1.807, 2.05) is 6.92 Å². The standard InChI is InChI=1S/C25H19BrO5S2/c1-18-6-12-21(13-7-18)32(27,28)22-14-8-19(9-15-22)20-10-16-23(17-11-20)33(29,30)31-25-5-3-2-4-24(25)26/h2-17H,1H3. The summed E-state index contributed by atoms with van der Waals surface area (Å²) in [7, 11) is -7.62. The van der Waals surface area contributed by atoms with Crippen molar-refractivity contribution in [2.45, 2.75) is 21.6 Å². The molecule has 4 aromatic rings. The van der Waals surface area contributed by atoms with Crippen LogP contribution in [0.15, 0.2) is 116 Å². The van der Waals surface area contributed by atoms with Gasteiger partial charge in [0.25, 0.3) is 0 Å². The predicted molar refractivity (Wildman–Crippen MR) is 130 cm³/mol. The van der Waals surface area contributed by atoms with Gasteiger partial charge in [-0.05, 0) is 82.5 Å². The predicted octanol–water partition coefficient (Wildman–Crippen LogP) is 6.03. The van der Waals surface area contributed by atoms with E-state index in [4.69, 9.17) is 4.18 Å². The average molecular weight is 543 g/mol. The monoisotopic (exact) mass is 542 g/mol. The summed E-state index contributed by atoms with van der Waals surface area (Å²) in [6.07, 6.45) is 0. The van der Waals surface area contributed by atoms with Crippen molar-refractivity contribution in [3.05, 3.63) is 107 Å². The van der Waals surface area contributed by atoms with Crippen LogP contribution in [0, 0.1) is 6.92 Å². The minimum absolute atomic E-state index is 0.0144. The first-order valence-corrected chi connectivity index (χ1v) is 13.6. The minimum atomic E-state index is -4.00. The Morgan fingerprint density at radius 3 is 1.58 bits per heavy atom. The molecular weight excluding hydrogens is 524 g/mol. The van der Waals surface area contributed by atoms with Gasteiger partial charge in [0.05, 0.1) is 14.3 Å². The number of hydrogen-bond donors (Lipinski definition) is 0.